The third kappa shape index (κ3) is 2.48. The van der Waals surface area contributed by atoms with Crippen molar-refractivity contribution < 1.29 is 8.42 Å². The molecule has 7 heteroatoms. The van der Waals surface area contributed by atoms with Crippen molar-refractivity contribution in [1.29, 1.82) is 0 Å². The first-order chi connectivity index (χ1) is 9.83. The molecule has 1 fully saturated rings. The maximum Gasteiger partial charge on any atom is 0.242 e. The van der Waals surface area contributed by atoms with Crippen molar-refractivity contribution in [2.24, 2.45) is 5.73 Å². The van der Waals surface area contributed by atoms with Crippen LogP contribution in [0.3, 0.4) is 0 Å². The molecule has 0 aliphatic heterocycles. The van der Waals surface area contributed by atoms with Crippen molar-refractivity contribution in [1.82, 2.24) is 14.3 Å². The Bertz CT molecular complexity index is 759. The Labute approximate surface area is 124 Å². The molecular formula is C14H18N4O2S. The molecule has 1 heterocycles. The van der Waals surface area contributed by atoms with Gasteiger partial charge in [0.25, 0.3) is 0 Å². The highest BCUT2D eigenvalue weighted by molar-refractivity contribution is 7.89. The standard InChI is InChI=1S/C14H18N4O2S/c1-18(2)21(19,20)11-5-3-10(4-6-11)12-9-16-13(17-12)14(15)7-8-14/h3-6,9H,7-8,15H2,1-2H3,(H,16,17). The first kappa shape index (κ1) is 14.2. The van der Waals surface area contributed by atoms with Crippen molar-refractivity contribution in [2.45, 2.75) is 23.3 Å². The number of nitrogens with two attached hydrogens (primary N) is 1. The number of hydrogen-bond donors (Lipinski definition) is 2. The smallest absolute Gasteiger partial charge is 0.242 e. The number of nitrogens with zero attached hydrogens (tertiary/aromatic N) is 2. The van der Waals surface area contributed by atoms with E-state index < -0.39 is 10.0 Å². The van der Waals surface area contributed by atoms with Gasteiger partial charge in [0.1, 0.15) is 5.82 Å². The summed E-state index contributed by atoms with van der Waals surface area (Å²) in [7, 11) is -0.367. The lowest BCUT2D eigenvalue weighted by Crippen LogP contribution is -2.22. The number of imidazole rings is 1. The van der Waals surface area contributed by atoms with Gasteiger partial charge in [-0.15, -0.1) is 0 Å². The molecule has 0 saturated heterocycles. The third-order valence-corrected chi connectivity index (χ3v) is 5.61. The van der Waals surface area contributed by atoms with E-state index >= 15 is 0 Å². The zero-order chi connectivity index (χ0) is 15.3. The second kappa shape index (κ2) is 4.66. The predicted molar refractivity (Wildman–Crippen MR) is 80.0 cm³/mol. The number of nitrogens with one attached hydrogen (secondary N) is 1. The molecule has 6 nitrogen and oxygen atoms in total. The fourth-order valence-corrected chi connectivity index (χ4v) is 3.01. The van der Waals surface area contributed by atoms with Crippen molar-refractivity contribution in [2.75, 3.05) is 14.1 Å². The Morgan fingerprint density at radius 2 is 1.86 bits per heavy atom. The van der Waals surface area contributed by atoms with E-state index in [0.717, 1.165) is 29.9 Å². The maximum atomic E-state index is 12.0. The summed E-state index contributed by atoms with van der Waals surface area (Å²) >= 11 is 0. The minimum absolute atomic E-state index is 0.272. The molecule has 1 aromatic heterocycles. The fraction of sp³-hybridized carbons (Fsp3) is 0.357. The van der Waals surface area contributed by atoms with Crippen molar-refractivity contribution in [3.8, 4) is 11.3 Å². The van der Waals surface area contributed by atoms with Crippen molar-refractivity contribution >= 4 is 10.0 Å². The van der Waals surface area contributed by atoms with Crippen LogP contribution in [0.25, 0.3) is 11.3 Å². The van der Waals surface area contributed by atoms with E-state index in [0.29, 0.717) is 0 Å². The number of H-pyrrole nitrogens is 1. The van der Waals surface area contributed by atoms with Gasteiger partial charge in [0, 0.05) is 14.1 Å². The molecule has 0 atom stereocenters. The van der Waals surface area contributed by atoms with Gasteiger partial charge < -0.3 is 10.7 Å². The minimum Gasteiger partial charge on any atom is -0.340 e. The van der Waals surface area contributed by atoms with Gasteiger partial charge in [0.2, 0.25) is 10.0 Å². The first-order valence-corrected chi connectivity index (χ1v) is 8.14. The normalized spacial score (nSPS) is 17.1. The summed E-state index contributed by atoms with van der Waals surface area (Å²) in [5, 5.41) is 0. The Kier molecular flexibility index (Phi) is 3.16. The number of sulfonamides is 1. The topological polar surface area (TPSA) is 92.1 Å². The molecule has 1 saturated carbocycles. The lowest BCUT2D eigenvalue weighted by molar-refractivity contribution is 0.521. The van der Waals surface area contributed by atoms with Crippen molar-refractivity contribution in [3.05, 3.63) is 36.3 Å². The van der Waals surface area contributed by atoms with Gasteiger partial charge in [-0.05, 0) is 30.5 Å². The molecular weight excluding hydrogens is 288 g/mol. The van der Waals surface area contributed by atoms with Crippen LogP contribution in [0.2, 0.25) is 0 Å². The van der Waals surface area contributed by atoms with E-state index in [1.807, 2.05) is 0 Å². The van der Waals surface area contributed by atoms with Gasteiger partial charge in [0.15, 0.2) is 0 Å². The lowest BCUT2D eigenvalue weighted by atomic mass is 10.2. The largest absolute Gasteiger partial charge is 0.340 e. The van der Waals surface area contributed by atoms with Crippen molar-refractivity contribution in [3.63, 3.8) is 0 Å². The zero-order valence-electron chi connectivity index (χ0n) is 12.0. The van der Waals surface area contributed by atoms with Crippen LogP contribution in [-0.4, -0.2) is 36.8 Å². The van der Waals surface area contributed by atoms with E-state index in [-0.39, 0.29) is 10.4 Å². The average Bonchev–Trinajstić information content (AvgIpc) is 3.02. The van der Waals surface area contributed by atoms with Gasteiger partial charge in [-0.3, -0.25) is 0 Å². The molecule has 0 amide bonds. The number of aromatic amines is 1. The molecule has 1 aromatic carbocycles. The van der Waals surface area contributed by atoms with Gasteiger partial charge in [-0.1, -0.05) is 12.1 Å². The zero-order valence-corrected chi connectivity index (χ0v) is 12.8. The summed E-state index contributed by atoms with van der Waals surface area (Å²) in [6.45, 7) is 0. The van der Waals surface area contributed by atoms with Crippen LogP contribution in [0.15, 0.2) is 35.4 Å². The van der Waals surface area contributed by atoms with Crippen LogP contribution < -0.4 is 5.73 Å². The fourth-order valence-electron chi connectivity index (χ4n) is 2.11. The average molecular weight is 306 g/mol. The summed E-state index contributed by atoms with van der Waals surface area (Å²) in [6, 6.07) is 6.73. The van der Waals surface area contributed by atoms with E-state index in [1.54, 1.807) is 30.5 Å². The van der Waals surface area contributed by atoms with Crippen LogP contribution in [-0.2, 0) is 15.6 Å². The SMILES string of the molecule is CN(C)S(=O)(=O)c1ccc(-c2cnc(C3(N)CC3)[nH]2)cc1. The van der Waals surface area contributed by atoms with E-state index in [2.05, 4.69) is 9.97 Å². The predicted octanol–water partition coefficient (Wildman–Crippen LogP) is 1.27. The monoisotopic (exact) mass is 306 g/mol. The first-order valence-electron chi connectivity index (χ1n) is 6.70. The second-order valence-corrected chi connectivity index (χ2v) is 7.77. The van der Waals surface area contributed by atoms with E-state index in [4.69, 9.17) is 5.73 Å². The number of rotatable bonds is 4. The molecule has 112 valence electrons. The van der Waals surface area contributed by atoms with Crippen LogP contribution in [0.5, 0.6) is 0 Å². The van der Waals surface area contributed by atoms with Gasteiger partial charge in [0.05, 0.1) is 22.3 Å². The highest BCUT2D eigenvalue weighted by Gasteiger charge is 2.42. The Hall–Kier alpha value is -1.70. The molecule has 21 heavy (non-hydrogen) atoms. The summed E-state index contributed by atoms with van der Waals surface area (Å²) in [5.41, 5.74) is 7.52. The van der Waals surface area contributed by atoms with Gasteiger partial charge >= 0.3 is 0 Å². The molecule has 3 rings (SSSR count). The molecule has 1 aliphatic rings. The lowest BCUT2D eigenvalue weighted by Gasteiger charge is -2.11. The second-order valence-electron chi connectivity index (χ2n) is 5.61. The Balaban J connectivity index is 1.89. The van der Waals surface area contributed by atoms with Gasteiger partial charge in [-0.2, -0.15) is 0 Å². The summed E-state index contributed by atoms with van der Waals surface area (Å²) in [4.78, 5) is 7.81. The third-order valence-electron chi connectivity index (χ3n) is 3.78. The highest BCUT2D eigenvalue weighted by Crippen LogP contribution is 2.41. The van der Waals surface area contributed by atoms with Crippen LogP contribution in [0, 0.1) is 0 Å². The summed E-state index contributed by atoms with van der Waals surface area (Å²) in [6.07, 6.45) is 3.62. The highest BCUT2D eigenvalue weighted by atomic mass is 32.2. The molecule has 2 aromatic rings. The number of hydrogen-bond acceptors (Lipinski definition) is 4. The van der Waals surface area contributed by atoms with E-state index in [1.165, 1.54) is 18.4 Å². The number of benzene rings is 1. The molecule has 1 aliphatic carbocycles. The van der Waals surface area contributed by atoms with Crippen LogP contribution in [0.4, 0.5) is 0 Å². The van der Waals surface area contributed by atoms with Crippen LogP contribution >= 0.6 is 0 Å². The quantitative estimate of drug-likeness (QED) is 0.890. The minimum atomic E-state index is -3.40. The van der Waals surface area contributed by atoms with E-state index in [9.17, 15) is 8.42 Å². The van der Waals surface area contributed by atoms with Crippen LogP contribution in [0.1, 0.15) is 18.7 Å². The molecule has 0 bridgehead atoms. The number of aromatic nitrogens is 2. The Morgan fingerprint density at radius 1 is 1.24 bits per heavy atom. The summed E-state index contributed by atoms with van der Waals surface area (Å²) in [5.74, 6) is 0.794. The molecule has 0 spiro atoms. The maximum absolute atomic E-state index is 12.0. The van der Waals surface area contributed by atoms with Gasteiger partial charge in [-0.25, -0.2) is 17.7 Å². The Morgan fingerprint density at radius 3 is 2.38 bits per heavy atom. The molecule has 0 unspecified atom stereocenters. The summed E-state index contributed by atoms with van der Waals surface area (Å²) < 4.78 is 25.2. The molecule has 3 N–H and O–H groups in total. The molecule has 0 radical (unpaired) electrons.